The standard InChI is InChI=1S/C20H13N3O8/c24-19(17-2-1-7-28-17)22-21-10-13-8-14(23(26)27)4-6-15(13)31-20(25)12-3-5-16-18(9-12)30-11-29-16/h1-10H,11H2,(H,22,24)/b21-10+. The van der Waals surface area contributed by atoms with Gasteiger partial charge in [0.25, 0.3) is 5.69 Å². The zero-order valence-electron chi connectivity index (χ0n) is 15.6. The largest absolute Gasteiger partial charge is 0.459 e. The van der Waals surface area contributed by atoms with Gasteiger partial charge in [0.05, 0.1) is 23.0 Å². The Hall–Kier alpha value is -4.67. The van der Waals surface area contributed by atoms with Crippen LogP contribution in [-0.4, -0.2) is 29.8 Å². The second-order valence-electron chi connectivity index (χ2n) is 6.11. The van der Waals surface area contributed by atoms with Gasteiger partial charge in [0.1, 0.15) is 5.75 Å². The maximum Gasteiger partial charge on any atom is 0.343 e. The van der Waals surface area contributed by atoms with Gasteiger partial charge in [-0.05, 0) is 36.4 Å². The molecule has 0 saturated heterocycles. The topological polar surface area (TPSA) is 142 Å². The minimum atomic E-state index is -0.721. The first-order valence-corrected chi connectivity index (χ1v) is 8.78. The normalized spacial score (nSPS) is 12.0. The first-order chi connectivity index (χ1) is 15.0. The zero-order chi connectivity index (χ0) is 21.8. The maximum atomic E-state index is 12.5. The number of hydrogen-bond donors (Lipinski definition) is 1. The van der Waals surface area contributed by atoms with Crippen LogP contribution in [0.1, 0.15) is 26.5 Å². The Morgan fingerprint density at radius 3 is 2.74 bits per heavy atom. The van der Waals surface area contributed by atoms with E-state index in [9.17, 15) is 19.7 Å². The highest BCUT2D eigenvalue weighted by Gasteiger charge is 2.19. The van der Waals surface area contributed by atoms with Gasteiger partial charge in [0.15, 0.2) is 17.3 Å². The quantitative estimate of drug-likeness (QED) is 0.210. The molecule has 1 N–H and O–H groups in total. The number of rotatable bonds is 6. The SMILES string of the molecule is O=C(Oc1ccc([N+](=O)[O-])cc1/C=N/NC(=O)c1ccco1)c1ccc2c(c1)OCO2. The molecule has 0 unspecified atom stereocenters. The average molecular weight is 423 g/mol. The molecule has 2 aromatic carbocycles. The molecule has 0 aliphatic carbocycles. The highest BCUT2D eigenvalue weighted by molar-refractivity contribution is 5.95. The minimum absolute atomic E-state index is 0.00395. The van der Waals surface area contributed by atoms with E-state index >= 15 is 0 Å². The summed E-state index contributed by atoms with van der Waals surface area (Å²) in [6, 6.07) is 11.1. The Kier molecular flexibility index (Phi) is 5.30. The van der Waals surface area contributed by atoms with E-state index < -0.39 is 16.8 Å². The molecule has 0 atom stereocenters. The maximum absolute atomic E-state index is 12.5. The summed E-state index contributed by atoms with van der Waals surface area (Å²) in [4.78, 5) is 34.9. The van der Waals surface area contributed by atoms with Gasteiger partial charge in [-0.1, -0.05) is 0 Å². The fourth-order valence-corrected chi connectivity index (χ4v) is 2.65. The number of nitrogens with one attached hydrogen (secondary N) is 1. The summed E-state index contributed by atoms with van der Waals surface area (Å²) in [5.41, 5.74) is 2.26. The zero-order valence-corrected chi connectivity index (χ0v) is 15.6. The van der Waals surface area contributed by atoms with Crippen LogP contribution in [-0.2, 0) is 0 Å². The predicted molar refractivity (Wildman–Crippen MR) is 104 cm³/mol. The molecule has 31 heavy (non-hydrogen) atoms. The second-order valence-corrected chi connectivity index (χ2v) is 6.11. The minimum Gasteiger partial charge on any atom is -0.459 e. The number of furan rings is 1. The Labute approximate surface area is 174 Å². The molecule has 0 saturated carbocycles. The van der Waals surface area contributed by atoms with Crippen molar-refractivity contribution in [2.24, 2.45) is 5.10 Å². The number of benzene rings is 2. The molecular formula is C20H13N3O8. The third-order valence-electron chi connectivity index (χ3n) is 4.13. The van der Waals surface area contributed by atoms with Crippen molar-refractivity contribution >= 4 is 23.8 Å². The van der Waals surface area contributed by atoms with Crippen molar-refractivity contribution in [2.75, 3.05) is 6.79 Å². The predicted octanol–water partition coefficient (Wildman–Crippen LogP) is 2.90. The molecule has 0 fully saturated rings. The van der Waals surface area contributed by atoms with Crippen molar-refractivity contribution in [2.45, 2.75) is 0 Å². The number of ether oxygens (including phenoxy) is 3. The highest BCUT2D eigenvalue weighted by Crippen LogP contribution is 2.33. The Bertz CT molecular complexity index is 1190. The van der Waals surface area contributed by atoms with Crippen LogP contribution in [0.3, 0.4) is 0 Å². The number of nitro benzene ring substituents is 1. The van der Waals surface area contributed by atoms with E-state index in [1.807, 2.05) is 0 Å². The van der Waals surface area contributed by atoms with Crippen LogP contribution in [0.25, 0.3) is 0 Å². The molecule has 1 aromatic heterocycles. The summed E-state index contributed by atoms with van der Waals surface area (Å²) < 4.78 is 20.8. The van der Waals surface area contributed by atoms with Gasteiger partial charge >= 0.3 is 11.9 Å². The number of carbonyl (C=O) groups excluding carboxylic acids is 2. The van der Waals surface area contributed by atoms with Gasteiger partial charge in [-0.15, -0.1) is 0 Å². The lowest BCUT2D eigenvalue weighted by atomic mass is 10.2. The van der Waals surface area contributed by atoms with Crippen LogP contribution in [0.4, 0.5) is 5.69 Å². The van der Waals surface area contributed by atoms with Crippen molar-refractivity contribution in [1.82, 2.24) is 5.43 Å². The summed E-state index contributed by atoms with van der Waals surface area (Å²) >= 11 is 0. The molecule has 1 aliphatic rings. The van der Waals surface area contributed by atoms with Gasteiger partial charge in [0.2, 0.25) is 6.79 Å². The average Bonchev–Trinajstić information content (AvgIpc) is 3.46. The Morgan fingerprint density at radius 1 is 1.13 bits per heavy atom. The van der Waals surface area contributed by atoms with E-state index in [0.29, 0.717) is 11.5 Å². The highest BCUT2D eigenvalue weighted by atomic mass is 16.7. The third-order valence-corrected chi connectivity index (χ3v) is 4.13. The van der Waals surface area contributed by atoms with Crippen LogP contribution < -0.4 is 19.6 Å². The molecule has 11 nitrogen and oxygen atoms in total. The van der Waals surface area contributed by atoms with Crippen molar-refractivity contribution in [3.63, 3.8) is 0 Å². The molecule has 156 valence electrons. The number of nitro groups is 1. The summed E-state index contributed by atoms with van der Waals surface area (Å²) in [6.45, 7) is 0.0561. The molecule has 3 aromatic rings. The Morgan fingerprint density at radius 2 is 1.97 bits per heavy atom. The number of fused-ring (bicyclic) bond motifs is 1. The number of non-ortho nitro benzene ring substituents is 1. The lowest BCUT2D eigenvalue weighted by Gasteiger charge is -2.08. The van der Waals surface area contributed by atoms with Crippen molar-refractivity contribution in [1.29, 1.82) is 0 Å². The molecular weight excluding hydrogens is 410 g/mol. The monoisotopic (exact) mass is 423 g/mol. The fourth-order valence-electron chi connectivity index (χ4n) is 2.65. The third kappa shape index (κ3) is 4.34. The van der Waals surface area contributed by atoms with Gasteiger partial charge in [0, 0.05) is 17.7 Å². The van der Waals surface area contributed by atoms with Crippen LogP contribution in [0.15, 0.2) is 64.3 Å². The van der Waals surface area contributed by atoms with E-state index in [2.05, 4.69) is 10.5 Å². The molecule has 0 bridgehead atoms. The van der Waals surface area contributed by atoms with Gasteiger partial charge in [-0.3, -0.25) is 14.9 Å². The first kappa shape index (κ1) is 19.6. The van der Waals surface area contributed by atoms with Gasteiger partial charge in [-0.2, -0.15) is 5.10 Å². The lowest BCUT2D eigenvalue weighted by Crippen LogP contribution is -2.17. The van der Waals surface area contributed by atoms with Gasteiger partial charge in [-0.25, -0.2) is 10.2 Å². The van der Waals surface area contributed by atoms with Crippen molar-refractivity contribution in [3.8, 4) is 17.2 Å². The molecule has 4 rings (SSSR count). The number of nitrogens with zero attached hydrogens (tertiary/aromatic N) is 2. The number of hydrazone groups is 1. The Balaban J connectivity index is 1.55. The van der Waals surface area contributed by atoms with E-state index in [1.165, 1.54) is 42.7 Å². The number of amides is 1. The molecule has 0 radical (unpaired) electrons. The van der Waals surface area contributed by atoms with Crippen LogP contribution in [0, 0.1) is 10.1 Å². The number of carbonyl (C=O) groups is 2. The van der Waals surface area contributed by atoms with E-state index in [1.54, 1.807) is 6.07 Å². The summed E-state index contributed by atoms with van der Waals surface area (Å²) in [6.07, 6.45) is 2.45. The second kappa shape index (κ2) is 8.37. The lowest BCUT2D eigenvalue weighted by molar-refractivity contribution is -0.384. The van der Waals surface area contributed by atoms with E-state index in [-0.39, 0.29) is 35.1 Å². The molecule has 2 heterocycles. The van der Waals surface area contributed by atoms with Crippen LogP contribution >= 0.6 is 0 Å². The summed E-state index contributed by atoms with van der Waals surface area (Å²) in [5, 5.41) is 14.9. The van der Waals surface area contributed by atoms with E-state index in [0.717, 1.165) is 12.3 Å². The number of esters is 1. The molecule has 1 amide bonds. The van der Waals surface area contributed by atoms with E-state index in [4.69, 9.17) is 18.6 Å². The van der Waals surface area contributed by atoms with Crippen molar-refractivity contribution in [3.05, 3.63) is 81.8 Å². The smallest absolute Gasteiger partial charge is 0.343 e. The summed E-state index contributed by atoms with van der Waals surface area (Å²) in [5.74, 6) is -0.394. The van der Waals surface area contributed by atoms with Crippen LogP contribution in [0.5, 0.6) is 17.2 Å². The fraction of sp³-hybridized carbons (Fsp3) is 0.0500. The molecule has 1 aliphatic heterocycles. The van der Waals surface area contributed by atoms with Gasteiger partial charge < -0.3 is 18.6 Å². The van der Waals surface area contributed by atoms with Crippen molar-refractivity contribution < 1.29 is 33.1 Å². The molecule has 11 heteroatoms. The van der Waals surface area contributed by atoms with Crippen LogP contribution in [0.2, 0.25) is 0 Å². The number of hydrogen-bond acceptors (Lipinski definition) is 9. The summed E-state index contributed by atoms with van der Waals surface area (Å²) in [7, 11) is 0. The molecule has 0 spiro atoms. The first-order valence-electron chi connectivity index (χ1n) is 8.78.